The first-order valence-corrected chi connectivity index (χ1v) is 11.8. The van der Waals surface area contributed by atoms with Crippen LogP contribution in [0.1, 0.15) is 123 Å². The molecule has 0 saturated heterocycles. The van der Waals surface area contributed by atoms with Gasteiger partial charge in [0.25, 0.3) is 0 Å². The van der Waals surface area contributed by atoms with Gasteiger partial charge in [0.1, 0.15) is 0 Å². The van der Waals surface area contributed by atoms with Crippen molar-refractivity contribution in [2.45, 2.75) is 129 Å². The van der Waals surface area contributed by atoms with Crippen LogP contribution in [0, 0.1) is 0 Å². The lowest BCUT2D eigenvalue weighted by Crippen LogP contribution is -2.32. The van der Waals surface area contributed by atoms with Crippen LogP contribution in [0.15, 0.2) is 0 Å². The van der Waals surface area contributed by atoms with Crippen LogP contribution in [-0.2, 0) is 14.3 Å². The Balaban J connectivity index is 3.22. The molecule has 1 atom stereocenters. The third-order valence-electron chi connectivity index (χ3n) is 5.08. The lowest BCUT2D eigenvalue weighted by molar-refractivity contribution is -0.146. The van der Waals surface area contributed by atoms with Crippen molar-refractivity contribution in [3.05, 3.63) is 0 Å². The summed E-state index contributed by atoms with van der Waals surface area (Å²) in [5, 5.41) is 2.83. The summed E-state index contributed by atoms with van der Waals surface area (Å²) in [6.07, 6.45) is 20.3. The molecule has 28 heavy (non-hydrogen) atoms. The summed E-state index contributed by atoms with van der Waals surface area (Å²) >= 11 is 0. The molecular weight excluding hydrogens is 352 g/mol. The summed E-state index contributed by atoms with van der Waals surface area (Å²) in [5.74, 6) is -0.332. The Kier molecular flexibility index (Phi) is 19.8. The SMILES string of the molecule is CCCCCCCCCCCCCCCCCC(=O)NCCC(N)OC(C)=O. The molecule has 0 fully saturated rings. The van der Waals surface area contributed by atoms with E-state index in [4.69, 9.17) is 10.5 Å². The lowest BCUT2D eigenvalue weighted by Gasteiger charge is -2.12. The van der Waals surface area contributed by atoms with Crippen LogP contribution in [-0.4, -0.2) is 24.6 Å². The molecule has 166 valence electrons. The van der Waals surface area contributed by atoms with Gasteiger partial charge < -0.3 is 10.1 Å². The van der Waals surface area contributed by atoms with E-state index >= 15 is 0 Å². The average Bonchev–Trinajstić information content (AvgIpc) is 2.64. The first kappa shape index (κ1) is 26.9. The van der Waals surface area contributed by atoms with Crippen LogP contribution in [0.4, 0.5) is 0 Å². The molecule has 0 saturated carbocycles. The normalized spacial score (nSPS) is 12.0. The number of carbonyl (C=O) groups is 2. The van der Waals surface area contributed by atoms with Crippen molar-refractivity contribution < 1.29 is 14.3 Å². The molecule has 0 bridgehead atoms. The maximum Gasteiger partial charge on any atom is 0.304 e. The topological polar surface area (TPSA) is 81.4 Å². The second kappa shape index (κ2) is 20.6. The Morgan fingerprint density at radius 2 is 1.21 bits per heavy atom. The molecule has 0 radical (unpaired) electrons. The summed E-state index contributed by atoms with van der Waals surface area (Å²) in [6, 6.07) is 0. The standard InChI is InChI=1S/C23H46N2O3/c1-3-4-5-6-7-8-9-10-11-12-13-14-15-16-17-18-23(27)25-20-19-22(24)28-21(2)26/h22H,3-20,24H2,1-2H3,(H,25,27). The predicted octanol–water partition coefficient (Wildman–Crippen LogP) is 5.60. The molecule has 0 rings (SSSR count). The predicted molar refractivity (Wildman–Crippen MR) is 117 cm³/mol. The average molecular weight is 399 g/mol. The van der Waals surface area contributed by atoms with Crippen LogP contribution >= 0.6 is 0 Å². The first-order chi connectivity index (χ1) is 13.6. The van der Waals surface area contributed by atoms with Crippen molar-refractivity contribution >= 4 is 11.9 Å². The largest absolute Gasteiger partial charge is 0.447 e. The van der Waals surface area contributed by atoms with E-state index in [1.807, 2.05) is 0 Å². The number of hydrogen-bond acceptors (Lipinski definition) is 4. The second-order valence-corrected chi connectivity index (χ2v) is 7.99. The molecule has 0 aliphatic rings. The number of amides is 1. The molecule has 1 amide bonds. The van der Waals surface area contributed by atoms with E-state index in [0.29, 0.717) is 19.4 Å². The molecule has 5 heteroatoms. The highest BCUT2D eigenvalue weighted by atomic mass is 16.5. The van der Waals surface area contributed by atoms with Crippen molar-refractivity contribution in [3.8, 4) is 0 Å². The Morgan fingerprint density at radius 3 is 1.64 bits per heavy atom. The summed E-state index contributed by atoms with van der Waals surface area (Å²) in [4.78, 5) is 22.5. The van der Waals surface area contributed by atoms with Gasteiger partial charge in [-0.3, -0.25) is 15.3 Å². The van der Waals surface area contributed by atoms with Gasteiger partial charge in [0.15, 0.2) is 6.23 Å². The van der Waals surface area contributed by atoms with Crippen molar-refractivity contribution in [1.29, 1.82) is 0 Å². The Bertz CT molecular complexity index is 375. The number of nitrogens with two attached hydrogens (primary N) is 1. The number of carbonyl (C=O) groups excluding carboxylic acids is 2. The van der Waals surface area contributed by atoms with Gasteiger partial charge in [-0.25, -0.2) is 0 Å². The van der Waals surface area contributed by atoms with E-state index in [2.05, 4.69) is 12.2 Å². The van der Waals surface area contributed by atoms with Crippen LogP contribution in [0.5, 0.6) is 0 Å². The molecule has 0 spiro atoms. The highest BCUT2D eigenvalue weighted by molar-refractivity contribution is 5.75. The molecular formula is C23H46N2O3. The minimum Gasteiger partial charge on any atom is -0.447 e. The first-order valence-electron chi connectivity index (χ1n) is 11.8. The third kappa shape index (κ3) is 21.2. The number of unbranched alkanes of at least 4 members (excludes halogenated alkanes) is 14. The van der Waals surface area contributed by atoms with Gasteiger partial charge in [-0.1, -0.05) is 96.8 Å². The molecule has 1 unspecified atom stereocenters. The fourth-order valence-corrected chi connectivity index (χ4v) is 3.37. The number of ether oxygens (including phenoxy) is 1. The van der Waals surface area contributed by atoms with E-state index in [1.54, 1.807) is 0 Å². The summed E-state index contributed by atoms with van der Waals surface area (Å²) in [5.41, 5.74) is 5.60. The van der Waals surface area contributed by atoms with Gasteiger partial charge in [0.2, 0.25) is 5.91 Å². The third-order valence-corrected chi connectivity index (χ3v) is 5.08. The maximum absolute atomic E-state index is 11.7. The zero-order valence-corrected chi connectivity index (χ0v) is 18.6. The number of rotatable bonds is 20. The molecule has 0 aliphatic carbocycles. The fraction of sp³-hybridized carbons (Fsp3) is 0.913. The molecule has 0 aliphatic heterocycles. The molecule has 0 aromatic carbocycles. The molecule has 0 aromatic rings. The quantitative estimate of drug-likeness (QED) is 0.159. The van der Waals surface area contributed by atoms with E-state index in [0.717, 1.165) is 12.8 Å². The van der Waals surface area contributed by atoms with Gasteiger partial charge in [-0.2, -0.15) is 0 Å². The van der Waals surface area contributed by atoms with Gasteiger partial charge >= 0.3 is 5.97 Å². The zero-order valence-electron chi connectivity index (χ0n) is 18.6. The van der Waals surface area contributed by atoms with Gasteiger partial charge in [0, 0.05) is 26.3 Å². The smallest absolute Gasteiger partial charge is 0.304 e. The van der Waals surface area contributed by atoms with Crippen LogP contribution < -0.4 is 11.1 Å². The van der Waals surface area contributed by atoms with Gasteiger partial charge in [-0.05, 0) is 6.42 Å². The minimum absolute atomic E-state index is 0.0599. The Morgan fingerprint density at radius 1 is 0.786 bits per heavy atom. The summed E-state index contributed by atoms with van der Waals surface area (Å²) in [6.45, 7) is 4.05. The van der Waals surface area contributed by atoms with Crippen molar-refractivity contribution in [1.82, 2.24) is 5.32 Å². The second-order valence-electron chi connectivity index (χ2n) is 7.99. The van der Waals surface area contributed by atoms with Gasteiger partial charge in [0.05, 0.1) is 0 Å². The molecule has 0 aromatic heterocycles. The monoisotopic (exact) mass is 398 g/mol. The molecule has 5 nitrogen and oxygen atoms in total. The highest BCUT2D eigenvalue weighted by Gasteiger charge is 2.06. The van der Waals surface area contributed by atoms with Crippen molar-refractivity contribution in [2.75, 3.05) is 6.54 Å². The van der Waals surface area contributed by atoms with Crippen molar-refractivity contribution in [2.24, 2.45) is 5.73 Å². The van der Waals surface area contributed by atoms with E-state index < -0.39 is 12.2 Å². The van der Waals surface area contributed by atoms with E-state index in [1.165, 1.54) is 90.4 Å². The lowest BCUT2D eigenvalue weighted by atomic mass is 10.0. The van der Waals surface area contributed by atoms with E-state index in [9.17, 15) is 9.59 Å². The Labute approximate surface area is 173 Å². The fourth-order valence-electron chi connectivity index (χ4n) is 3.37. The van der Waals surface area contributed by atoms with E-state index in [-0.39, 0.29) is 5.91 Å². The molecule has 3 N–H and O–H groups in total. The zero-order chi connectivity index (χ0) is 20.9. The Hall–Kier alpha value is -1.10. The maximum atomic E-state index is 11.7. The van der Waals surface area contributed by atoms with Gasteiger partial charge in [-0.15, -0.1) is 0 Å². The molecule has 0 heterocycles. The van der Waals surface area contributed by atoms with Crippen LogP contribution in [0.25, 0.3) is 0 Å². The van der Waals surface area contributed by atoms with Crippen molar-refractivity contribution in [3.63, 3.8) is 0 Å². The number of nitrogens with one attached hydrogen (secondary N) is 1. The minimum atomic E-state index is -0.636. The number of hydrogen-bond donors (Lipinski definition) is 2. The summed E-state index contributed by atoms with van der Waals surface area (Å²) in [7, 11) is 0. The number of esters is 1. The van der Waals surface area contributed by atoms with Crippen LogP contribution in [0.2, 0.25) is 0 Å². The highest BCUT2D eigenvalue weighted by Crippen LogP contribution is 2.13. The van der Waals surface area contributed by atoms with Crippen LogP contribution in [0.3, 0.4) is 0 Å². The summed E-state index contributed by atoms with van der Waals surface area (Å²) < 4.78 is 4.81.